The zero-order valence-corrected chi connectivity index (χ0v) is 24.3. The number of aliphatic hydroxyl groups excluding tert-OH is 3. The normalized spacial score (nSPS) is 41.3. The standard InChI is InChI=1S/C32H47NO7/c1-17(8-11-27(37)33-24-7-5-6-20(30(38)39)29(24)40-4)21-9-10-22-28-23(16-26(36)32(21,22)3)31(2)13-12-19(34)14-18(31)15-25(28)35/h5-7,17-19,21-23,25-26,28,34-36H,8-16H2,1-4H3,(H,33,37)(H,38,39)/t17?,18?,19-,21-,22?,23?,25-,26+,28?,31+,32-/m1/s1. The monoisotopic (exact) mass is 557 g/mol. The van der Waals surface area contributed by atoms with Crippen LogP contribution in [0.1, 0.15) is 88.9 Å². The lowest BCUT2D eigenvalue weighted by molar-refractivity contribution is -0.207. The number of hydrogen-bond acceptors (Lipinski definition) is 6. The van der Waals surface area contributed by atoms with Crippen LogP contribution in [0.3, 0.4) is 0 Å². The summed E-state index contributed by atoms with van der Waals surface area (Å²) >= 11 is 0. The molecule has 4 saturated carbocycles. The zero-order valence-electron chi connectivity index (χ0n) is 24.3. The van der Waals surface area contributed by atoms with E-state index in [1.165, 1.54) is 13.2 Å². The molecule has 8 nitrogen and oxygen atoms in total. The topological polar surface area (TPSA) is 136 Å². The predicted molar refractivity (Wildman–Crippen MR) is 151 cm³/mol. The highest BCUT2D eigenvalue weighted by atomic mass is 16.5. The number of carboxylic acid groups (broad SMARTS) is 1. The number of carboxylic acids is 1. The van der Waals surface area contributed by atoms with Crippen molar-refractivity contribution in [3.05, 3.63) is 23.8 Å². The molecule has 4 fully saturated rings. The molecule has 1 aromatic rings. The van der Waals surface area contributed by atoms with E-state index in [2.05, 4.69) is 26.1 Å². The Hall–Kier alpha value is -2.16. The molecule has 40 heavy (non-hydrogen) atoms. The van der Waals surface area contributed by atoms with Gasteiger partial charge >= 0.3 is 5.97 Å². The summed E-state index contributed by atoms with van der Waals surface area (Å²) < 4.78 is 5.27. The van der Waals surface area contributed by atoms with Gasteiger partial charge in [0.25, 0.3) is 0 Å². The fourth-order valence-corrected chi connectivity index (χ4v) is 9.93. The molecule has 5 rings (SSSR count). The van der Waals surface area contributed by atoms with E-state index in [1.807, 2.05) is 0 Å². The van der Waals surface area contributed by atoms with Gasteiger partial charge in [0.05, 0.1) is 31.1 Å². The van der Waals surface area contributed by atoms with Crippen molar-refractivity contribution in [2.45, 2.75) is 96.9 Å². The van der Waals surface area contributed by atoms with Crippen LogP contribution in [0.4, 0.5) is 5.69 Å². The first-order valence-corrected chi connectivity index (χ1v) is 15.2. The number of para-hydroxylation sites is 1. The molecule has 0 spiro atoms. The van der Waals surface area contributed by atoms with Crippen molar-refractivity contribution >= 4 is 17.6 Å². The van der Waals surface area contributed by atoms with Gasteiger partial charge in [-0.3, -0.25) is 4.79 Å². The van der Waals surface area contributed by atoms with Crippen LogP contribution < -0.4 is 10.1 Å². The second kappa shape index (κ2) is 10.9. The summed E-state index contributed by atoms with van der Waals surface area (Å²) in [6.07, 6.45) is 5.70. The van der Waals surface area contributed by atoms with Crippen LogP contribution in [-0.2, 0) is 4.79 Å². The number of nitrogens with one attached hydrogen (secondary N) is 1. The van der Waals surface area contributed by atoms with Crippen molar-refractivity contribution < 1.29 is 34.8 Å². The molecule has 5 N–H and O–H groups in total. The number of aromatic carboxylic acids is 1. The minimum Gasteiger partial charge on any atom is -0.494 e. The summed E-state index contributed by atoms with van der Waals surface area (Å²) in [5, 5.41) is 45.8. The zero-order chi connectivity index (χ0) is 29.0. The number of anilines is 1. The molecular weight excluding hydrogens is 510 g/mol. The Bertz CT molecular complexity index is 1120. The summed E-state index contributed by atoms with van der Waals surface area (Å²) in [6.45, 7) is 6.74. The van der Waals surface area contributed by atoms with Gasteiger partial charge in [-0.1, -0.05) is 26.8 Å². The lowest BCUT2D eigenvalue weighted by Gasteiger charge is -2.63. The molecule has 8 heteroatoms. The Balaban J connectivity index is 1.27. The maximum atomic E-state index is 12.9. The number of carbonyl (C=O) groups is 2. The third-order valence-corrected chi connectivity index (χ3v) is 12.1. The summed E-state index contributed by atoms with van der Waals surface area (Å²) in [6, 6.07) is 4.66. The van der Waals surface area contributed by atoms with Crippen molar-refractivity contribution in [3.63, 3.8) is 0 Å². The van der Waals surface area contributed by atoms with Crippen LogP contribution in [0.2, 0.25) is 0 Å². The van der Waals surface area contributed by atoms with Crippen molar-refractivity contribution in [2.75, 3.05) is 12.4 Å². The Labute approximate surface area is 237 Å². The predicted octanol–water partition coefficient (Wildman–Crippen LogP) is 4.71. The molecule has 4 aliphatic carbocycles. The molecule has 1 aromatic carbocycles. The number of carbonyl (C=O) groups excluding carboxylic acids is 1. The van der Waals surface area contributed by atoms with E-state index in [9.17, 15) is 30.0 Å². The van der Waals surface area contributed by atoms with Crippen molar-refractivity contribution in [3.8, 4) is 5.75 Å². The Kier molecular flexibility index (Phi) is 8.01. The average Bonchev–Trinajstić information content (AvgIpc) is 3.27. The van der Waals surface area contributed by atoms with Crippen LogP contribution in [0.15, 0.2) is 18.2 Å². The highest BCUT2D eigenvalue weighted by Gasteiger charge is 2.65. The molecule has 0 saturated heterocycles. The van der Waals surface area contributed by atoms with Crippen molar-refractivity contribution in [1.29, 1.82) is 0 Å². The van der Waals surface area contributed by atoms with E-state index in [0.29, 0.717) is 24.4 Å². The van der Waals surface area contributed by atoms with E-state index in [4.69, 9.17) is 4.74 Å². The average molecular weight is 558 g/mol. The lowest BCUT2D eigenvalue weighted by atomic mass is 9.43. The number of fused-ring (bicyclic) bond motifs is 5. The van der Waals surface area contributed by atoms with Crippen molar-refractivity contribution in [2.24, 2.45) is 46.3 Å². The Morgan fingerprint density at radius 2 is 1.82 bits per heavy atom. The van der Waals surface area contributed by atoms with E-state index >= 15 is 0 Å². The summed E-state index contributed by atoms with van der Waals surface area (Å²) in [5.74, 6) is 0.239. The van der Waals surface area contributed by atoms with Crippen molar-refractivity contribution in [1.82, 2.24) is 0 Å². The van der Waals surface area contributed by atoms with E-state index in [0.717, 1.165) is 38.5 Å². The fourth-order valence-electron chi connectivity index (χ4n) is 9.93. The first-order chi connectivity index (χ1) is 18.9. The van der Waals surface area contributed by atoms with Gasteiger partial charge in [-0.15, -0.1) is 0 Å². The fraction of sp³-hybridized carbons (Fsp3) is 0.750. The van der Waals surface area contributed by atoms with Gasteiger partial charge < -0.3 is 30.5 Å². The largest absolute Gasteiger partial charge is 0.494 e. The second-order valence-corrected chi connectivity index (χ2v) is 13.8. The van der Waals surface area contributed by atoms with Gasteiger partial charge in [-0.2, -0.15) is 0 Å². The minimum absolute atomic E-state index is 0.00216. The third kappa shape index (κ3) is 4.74. The molecule has 4 aliphatic rings. The molecule has 0 heterocycles. The van der Waals surface area contributed by atoms with Crippen LogP contribution in [0, 0.1) is 46.3 Å². The first-order valence-electron chi connectivity index (χ1n) is 15.2. The summed E-state index contributed by atoms with van der Waals surface area (Å²) in [7, 11) is 1.39. The number of rotatable bonds is 7. The number of hydrogen-bond donors (Lipinski definition) is 5. The molecule has 0 bridgehead atoms. The van der Waals surface area contributed by atoms with Gasteiger partial charge in [-0.25, -0.2) is 4.79 Å². The van der Waals surface area contributed by atoms with Gasteiger partial charge in [0.1, 0.15) is 5.56 Å². The van der Waals surface area contributed by atoms with Crippen LogP contribution in [0.25, 0.3) is 0 Å². The molecule has 0 aromatic heterocycles. The van der Waals surface area contributed by atoms with Gasteiger partial charge in [-0.05, 0) is 110 Å². The first kappa shape index (κ1) is 29.3. The van der Waals surface area contributed by atoms with E-state index in [1.54, 1.807) is 12.1 Å². The minimum atomic E-state index is -1.12. The van der Waals surface area contributed by atoms with Crippen LogP contribution >= 0.6 is 0 Å². The van der Waals surface area contributed by atoms with E-state index < -0.39 is 18.2 Å². The highest BCUT2D eigenvalue weighted by Crippen LogP contribution is 2.68. The lowest BCUT2D eigenvalue weighted by Crippen LogP contribution is -2.62. The Morgan fingerprint density at radius 3 is 2.52 bits per heavy atom. The molecule has 0 aliphatic heterocycles. The molecule has 0 radical (unpaired) electrons. The van der Waals surface area contributed by atoms with Gasteiger partial charge in [0, 0.05) is 6.42 Å². The number of ether oxygens (including phenoxy) is 1. The molecule has 11 atom stereocenters. The van der Waals surface area contributed by atoms with Crippen LogP contribution in [-0.4, -0.2) is 57.7 Å². The maximum Gasteiger partial charge on any atom is 0.339 e. The maximum absolute atomic E-state index is 12.9. The SMILES string of the molecule is COc1c(NC(=O)CCC(C)[C@H]2CCC3C4C(C[C@H](O)[C@@]32C)[C@@]2(C)CC[C@@H](O)CC2C[C@H]4O)cccc1C(=O)O. The van der Waals surface area contributed by atoms with Gasteiger partial charge in [0.15, 0.2) is 5.75 Å². The molecule has 5 unspecified atom stereocenters. The molecular formula is C32H47NO7. The molecule has 222 valence electrons. The quantitative estimate of drug-likeness (QED) is 0.328. The van der Waals surface area contributed by atoms with E-state index in [-0.39, 0.29) is 70.2 Å². The Morgan fingerprint density at radius 1 is 1.07 bits per heavy atom. The van der Waals surface area contributed by atoms with Gasteiger partial charge in [0.2, 0.25) is 5.91 Å². The number of benzene rings is 1. The highest BCUT2D eigenvalue weighted by molar-refractivity contribution is 5.98. The number of methoxy groups -OCH3 is 1. The number of amides is 1. The summed E-state index contributed by atoms with van der Waals surface area (Å²) in [4.78, 5) is 24.4. The second-order valence-electron chi connectivity index (χ2n) is 13.8. The third-order valence-electron chi connectivity index (χ3n) is 12.1. The number of aliphatic hydroxyl groups is 3. The molecule has 1 amide bonds. The van der Waals surface area contributed by atoms with Crippen LogP contribution in [0.5, 0.6) is 5.75 Å². The summed E-state index contributed by atoms with van der Waals surface area (Å²) in [5.41, 5.74) is 0.0772. The smallest absolute Gasteiger partial charge is 0.339 e.